The first-order valence-corrected chi connectivity index (χ1v) is 11.8. The minimum atomic E-state index is -0.207. The Bertz CT molecular complexity index is 1140. The van der Waals surface area contributed by atoms with E-state index in [9.17, 15) is 15.0 Å². The number of anilines is 3. The Labute approximate surface area is 203 Å². The van der Waals surface area contributed by atoms with Crippen molar-refractivity contribution < 1.29 is 15.0 Å². The van der Waals surface area contributed by atoms with Gasteiger partial charge in [-0.2, -0.15) is 0 Å². The summed E-state index contributed by atoms with van der Waals surface area (Å²) in [7, 11) is 1.82. The zero-order chi connectivity index (χ0) is 24.8. The van der Waals surface area contributed by atoms with Gasteiger partial charge in [-0.05, 0) is 77.6 Å². The van der Waals surface area contributed by atoms with Crippen LogP contribution in [0.1, 0.15) is 63.7 Å². The van der Waals surface area contributed by atoms with Crippen LogP contribution in [0.2, 0.25) is 0 Å². The van der Waals surface area contributed by atoms with Gasteiger partial charge in [-0.3, -0.25) is 4.79 Å². The number of carbonyl (C=O) groups excluding carboxylic acids is 1. The molecule has 2 aromatic carbocycles. The number of nitrogens with zero attached hydrogens (tertiary/aromatic N) is 2. The largest absolute Gasteiger partial charge is 0.508 e. The molecule has 0 unspecified atom stereocenters. The van der Waals surface area contributed by atoms with Crippen LogP contribution in [0.15, 0.2) is 71.3 Å². The fourth-order valence-corrected chi connectivity index (χ4v) is 4.21. The van der Waals surface area contributed by atoms with E-state index in [1.54, 1.807) is 46.2 Å². The van der Waals surface area contributed by atoms with Crippen LogP contribution in [0.5, 0.6) is 11.5 Å². The lowest BCUT2D eigenvalue weighted by Gasteiger charge is -2.24. The Morgan fingerprint density at radius 2 is 1.56 bits per heavy atom. The van der Waals surface area contributed by atoms with Crippen molar-refractivity contribution in [2.75, 3.05) is 23.4 Å². The van der Waals surface area contributed by atoms with Crippen molar-refractivity contribution in [1.82, 2.24) is 0 Å². The maximum atomic E-state index is 13.5. The summed E-state index contributed by atoms with van der Waals surface area (Å²) in [6.07, 6.45) is 10.7. The van der Waals surface area contributed by atoms with Crippen molar-refractivity contribution >= 4 is 23.0 Å². The van der Waals surface area contributed by atoms with Gasteiger partial charge in [0, 0.05) is 19.7 Å². The summed E-state index contributed by atoms with van der Waals surface area (Å²) in [6.45, 7) is 8.90. The summed E-state index contributed by atoms with van der Waals surface area (Å²) in [6, 6.07) is 9.96. The van der Waals surface area contributed by atoms with E-state index < -0.39 is 0 Å². The SMILES string of the molecule is CC(C)=CCC/C(C)=C/CC/C(C)=C/CN1C(=O)c2cccc(O)c2N(C)c2ccc(O)cc21. The third kappa shape index (κ3) is 5.90. The Morgan fingerprint density at radius 1 is 0.882 bits per heavy atom. The predicted octanol–water partition coefficient (Wildman–Crippen LogP) is 7.25. The van der Waals surface area contributed by atoms with E-state index >= 15 is 0 Å². The highest BCUT2D eigenvalue weighted by Gasteiger charge is 2.31. The van der Waals surface area contributed by atoms with Crippen LogP contribution in [0.3, 0.4) is 0 Å². The van der Waals surface area contributed by atoms with Gasteiger partial charge in [0.25, 0.3) is 5.91 Å². The van der Waals surface area contributed by atoms with E-state index in [0.29, 0.717) is 23.5 Å². The molecular formula is C29H36N2O3. The molecule has 1 aliphatic rings. The average molecular weight is 461 g/mol. The molecule has 0 aliphatic carbocycles. The number of phenolic OH excluding ortho intramolecular Hbond substituents is 2. The van der Waals surface area contributed by atoms with Crippen LogP contribution in [-0.4, -0.2) is 29.7 Å². The third-order valence-corrected chi connectivity index (χ3v) is 6.18. The number of aromatic hydroxyl groups is 2. The summed E-state index contributed by atoms with van der Waals surface area (Å²) < 4.78 is 0. The van der Waals surface area contributed by atoms with E-state index in [1.807, 2.05) is 7.05 Å². The third-order valence-electron chi connectivity index (χ3n) is 6.18. The summed E-state index contributed by atoms with van der Waals surface area (Å²) in [5.41, 5.74) is 6.21. The van der Waals surface area contributed by atoms with Crippen molar-refractivity contribution in [3.05, 3.63) is 76.9 Å². The molecule has 0 fully saturated rings. The fourth-order valence-electron chi connectivity index (χ4n) is 4.21. The first-order chi connectivity index (χ1) is 16.2. The molecule has 1 heterocycles. The van der Waals surface area contributed by atoms with Gasteiger partial charge in [0.2, 0.25) is 0 Å². The van der Waals surface area contributed by atoms with Crippen LogP contribution in [-0.2, 0) is 0 Å². The number of benzene rings is 2. The number of para-hydroxylation sites is 1. The van der Waals surface area contributed by atoms with Crippen LogP contribution < -0.4 is 9.80 Å². The lowest BCUT2D eigenvalue weighted by Crippen LogP contribution is -2.30. The Hall–Kier alpha value is -3.47. The maximum Gasteiger partial charge on any atom is 0.260 e. The highest BCUT2D eigenvalue weighted by Crippen LogP contribution is 2.44. The van der Waals surface area contributed by atoms with Crippen LogP contribution in [0, 0.1) is 0 Å². The maximum absolute atomic E-state index is 13.5. The van der Waals surface area contributed by atoms with Crippen molar-refractivity contribution in [3.63, 3.8) is 0 Å². The molecule has 0 radical (unpaired) electrons. The van der Waals surface area contributed by atoms with Crippen molar-refractivity contribution in [2.24, 2.45) is 0 Å². The molecule has 0 atom stereocenters. The first kappa shape index (κ1) is 25.2. The molecule has 0 aromatic heterocycles. The topological polar surface area (TPSA) is 64.0 Å². The molecule has 0 bridgehead atoms. The van der Waals surface area contributed by atoms with Gasteiger partial charge in [-0.15, -0.1) is 0 Å². The molecular weight excluding hydrogens is 424 g/mol. The van der Waals surface area contributed by atoms with Crippen molar-refractivity contribution in [3.8, 4) is 11.5 Å². The van der Waals surface area contributed by atoms with E-state index in [0.717, 1.165) is 31.4 Å². The number of hydrogen-bond donors (Lipinski definition) is 2. The summed E-state index contributed by atoms with van der Waals surface area (Å²) in [5, 5.41) is 20.6. The molecule has 1 amide bonds. The minimum absolute atomic E-state index is 0.0488. The van der Waals surface area contributed by atoms with Gasteiger partial charge >= 0.3 is 0 Å². The molecule has 180 valence electrons. The Balaban J connectivity index is 1.80. The van der Waals surface area contributed by atoms with Gasteiger partial charge in [0.1, 0.15) is 11.5 Å². The summed E-state index contributed by atoms with van der Waals surface area (Å²) >= 11 is 0. The van der Waals surface area contributed by atoms with Crippen LogP contribution in [0.4, 0.5) is 17.1 Å². The fraction of sp³-hybridized carbons (Fsp3) is 0.345. The molecule has 5 heteroatoms. The highest BCUT2D eigenvalue weighted by molar-refractivity contribution is 6.15. The molecule has 0 saturated heterocycles. The summed E-state index contributed by atoms with van der Waals surface area (Å²) in [4.78, 5) is 17.0. The molecule has 1 aliphatic heterocycles. The van der Waals surface area contributed by atoms with E-state index in [-0.39, 0.29) is 17.4 Å². The second kappa shape index (κ2) is 11.1. The molecule has 0 spiro atoms. The van der Waals surface area contributed by atoms with Gasteiger partial charge in [-0.25, -0.2) is 0 Å². The van der Waals surface area contributed by atoms with Crippen molar-refractivity contribution in [2.45, 2.75) is 53.4 Å². The van der Waals surface area contributed by atoms with Gasteiger partial charge in [0.15, 0.2) is 0 Å². The first-order valence-electron chi connectivity index (χ1n) is 11.8. The highest BCUT2D eigenvalue weighted by atomic mass is 16.3. The Kier molecular flexibility index (Phi) is 8.21. The number of allylic oxidation sites excluding steroid dienone is 5. The monoisotopic (exact) mass is 460 g/mol. The molecule has 3 rings (SSSR count). The average Bonchev–Trinajstić information content (AvgIpc) is 2.86. The van der Waals surface area contributed by atoms with Crippen LogP contribution in [0.25, 0.3) is 0 Å². The Morgan fingerprint density at radius 3 is 2.26 bits per heavy atom. The summed E-state index contributed by atoms with van der Waals surface area (Å²) in [5.74, 6) is -0.0663. The number of carbonyl (C=O) groups is 1. The van der Waals surface area contributed by atoms with E-state index in [2.05, 4.69) is 45.9 Å². The zero-order valence-corrected chi connectivity index (χ0v) is 20.9. The minimum Gasteiger partial charge on any atom is -0.508 e. The lowest BCUT2D eigenvalue weighted by molar-refractivity contribution is 0.0990. The molecule has 34 heavy (non-hydrogen) atoms. The number of fused-ring (bicyclic) bond motifs is 2. The second-order valence-corrected chi connectivity index (χ2v) is 9.28. The smallest absolute Gasteiger partial charge is 0.260 e. The lowest BCUT2D eigenvalue weighted by atomic mass is 10.1. The zero-order valence-electron chi connectivity index (χ0n) is 20.9. The standard InChI is InChI=1S/C29H36N2O3/c1-20(2)9-6-10-21(3)11-7-12-22(4)17-18-31-26-19-23(32)15-16-25(26)30(5)28-24(29(31)34)13-8-14-27(28)33/h8-9,11,13-17,19,32-33H,6-7,10,12,18H2,1-5H3/b21-11+,22-17+. The number of amides is 1. The molecule has 0 saturated carbocycles. The molecule has 2 aromatic rings. The molecule has 5 nitrogen and oxygen atoms in total. The second-order valence-electron chi connectivity index (χ2n) is 9.28. The van der Waals surface area contributed by atoms with Gasteiger partial charge in [0.05, 0.1) is 22.6 Å². The normalized spacial score (nSPS) is 14.0. The number of hydrogen-bond acceptors (Lipinski definition) is 4. The van der Waals surface area contributed by atoms with Gasteiger partial charge in [-0.1, -0.05) is 41.0 Å². The van der Waals surface area contributed by atoms with E-state index in [1.165, 1.54) is 16.7 Å². The quantitative estimate of drug-likeness (QED) is 0.407. The molecule has 2 N–H and O–H groups in total. The number of rotatable bonds is 8. The van der Waals surface area contributed by atoms with Gasteiger partial charge < -0.3 is 20.0 Å². The predicted molar refractivity (Wildman–Crippen MR) is 141 cm³/mol. The van der Waals surface area contributed by atoms with Crippen molar-refractivity contribution in [1.29, 1.82) is 0 Å². The number of phenols is 2. The van der Waals surface area contributed by atoms with E-state index in [4.69, 9.17) is 0 Å². The van der Waals surface area contributed by atoms with Crippen LogP contribution >= 0.6 is 0 Å².